The molecule has 0 bridgehead atoms. The Morgan fingerprint density at radius 2 is 1.70 bits per heavy atom. The van der Waals surface area contributed by atoms with Crippen molar-refractivity contribution >= 4 is 17.8 Å². The summed E-state index contributed by atoms with van der Waals surface area (Å²) < 4.78 is 3.33. The van der Waals surface area contributed by atoms with E-state index in [1.807, 2.05) is 31.3 Å². The average Bonchev–Trinajstić information content (AvgIpc) is 3.31. The highest BCUT2D eigenvalue weighted by Gasteiger charge is 2.41. The van der Waals surface area contributed by atoms with Crippen LogP contribution in [-0.4, -0.2) is 45.3 Å². The number of aryl methyl sites for hydroxylation is 1. The minimum atomic E-state index is -0.405. The zero-order chi connectivity index (χ0) is 20.8. The first-order chi connectivity index (χ1) is 14.5. The van der Waals surface area contributed by atoms with Crippen LogP contribution in [0.15, 0.2) is 67.3 Å². The number of aromatic nitrogens is 2. The molecule has 1 unspecified atom stereocenters. The van der Waals surface area contributed by atoms with Gasteiger partial charge in [0.25, 0.3) is 18.1 Å². The zero-order valence-electron chi connectivity index (χ0n) is 16.6. The van der Waals surface area contributed by atoms with E-state index in [0.29, 0.717) is 17.7 Å². The predicted molar refractivity (Wildman–Crippen MR) is 108 cm³/mol. The third-order valence-electron chi connectivity index (χ3n) is 5.88. The second-order valence-electron chi connectivity index (χ2n) is 7.69. The number of fused-ring (bicyclic) bond motifs is 2. The van der Waals surface area contributed by atoms with Gasteiger partial charge in [0, 0.05) is 6.54 Å². The Hall–Kier alpha value is -3.74. The fourth-order valence-electron chi connectivity index (χ4n) is 4.37. The van der Waals surface area contributed by atoms with E-state index in [0.717, 1.165) is 17.5 Å². The number of imide groups is 1. The van der Waals surface area contributed by atoms with E-state index in [1.165, 1.54) is 9.47 Å². The molecule has 2 aliphatic heterocycles. The Kier molecular flexibility index (Phi) is 4.24. The summed E-state index contributed by atoms with van der Waals surface area (Å²) in [4.78, 5) is 42.2. The standard InChI is InChI=1S/C23H21N4O3/c1-24-12-13-25(15-24)23(30)26-11-10-16-6-2-3-7-17(16)20(26)14-27-21(28)18-8-4-5-9-19(18)22(27)29/h2-9,12-13,15,20H,10-11,14H2,1H3/q+1. The van der Waals surface area contributed by atoms with Crippen LogP contribution < -0.4 is 4.57 Å². The second-order valence-corrected chi connectivity index (χ2v) is 7.69. The fourth-order valence-corrected chi connectivity index (χ4v) is 4.37. The van der Waals surface area contributed by atoms with Crippen LogP contribution in [0.25, 0.3) is 0 Å². The summed E-state index contributed by atoms with van der Waals surface area (Å²) >= 11 is 0. The van der Waals surface area contributed by atoms with Gasteiger partial charge in [-0.05, 0) is 29.7 Å². The van der Waals surface area contributed by atoms with Gasteiger partial charge in [-0.1, -0.05) is 36.4 Å². The van der Waals surface area contributed by atoms with Gasteiger partial charge in [-0.2, -0.15) is 4.57 Å². The molecule has 7 nitrogen and oxygen atoms in total. The summed E-state index contributed by atoms with van der Waals surface area (Å²) in [6.07, 6.45) is 5.95. The van der Waals surface area contributed by atoms with Crippen molar-refractivity contribution in [1.29, 1.82) is 0 Å². The molecule has 7 heteroatoms. The lowest BCUT2D eigenvalue weighted by Crippen LogP contribution is -2.47. The smallest absolute Gasteiger partial charge is 0.295 e. The number of carbonyl (C=O) groups is 3. The third kappa shape index (κ3) is 2.82. The highest BCUT2D eigenvalue weighted by atomic mass is 16.2. The molecule has 2 aromatic carbocycles. The molecule has 3 heterocycles. The van der Waals surface area contributed by atoms with Crippen LogP contribution in [-0.2, 0) is 13.5 Å². The number of rotatable bonds is 2. The molecule has 5 rings (SSSR count). The Morgan fingerprint density at radius 1 is 1.03 bits per heavy atom. The van der Waals surface area contributed by atoms with Crippen LogP contribution in [0.2, 0.25) is 0 Å². The first-order valence-corrected chi connectivity index (χ1v) is 9.92. The molecule has 0 saturated carbocycles. The van der Waals surface area contributed by atoms with Gasteiger partial charge in [0.1, 0.15) is 12.4 Å². The van der Waals surface area contributed by atoms with Crippen molar-refractivity contribution in [2.45, 2.75) is 12.5 Å². The molecule has 0 N–H and O–H groups in total. The van der Waals surface area contributed by atoms with Crippen LogP contribution in [0, 0.1) is 0 Å². The Balaban J connectivity index is 1.52. The van der Waals surface area contributed by atoms with Crippen molar-refractivity contribution in [1.82, 2.24) is 14.4 Å². The number of amides is 3. The van der Waals surface area contributed by atoms with Crippen molar-refractivity contribution < 1.29 is 19.0 Å². The predicted octanol–water partition coefficient (Wildman–Crippen LogP) is 2.18. The first-order valence-electron chi connectivity index (χ1n) is 9.92. The number of imidazole rings is 1. The monoisotopic (exact) mass is 401 g/mol. The van der Waals surface area contributed by atoms with E-state index in [-0.39, 0.29) is 24.4 Å². The van der Waals surface area contributed by atoms with E-state index in [1.54, 1.807) is 52.5 Å². The van der Waals surface area contributed by atoms with E-state index >= 15 is 0 Å². The molecular weight excluding hydrogens is 380 g/mol. The van der Waals surface area contributed by atoms with Gasteiger partial charge >= 0.3 is 6.03 Å². The maximum atomic E-state index is 13.3. The maximum Gasteiger partial charge on any atom is 0.416 e. The van der Waals surface area contributed by atoms with Crippen LogP contribution in [0.4, 0.5) is 4.79 Å². The SMILES string of the molecule is C[n+]1ccn(C(=O)N2CCc3ccccc3C2CN2C(=O)c3ccccc3C2=O)c1. The summed E-state index contributed by atoms with van der Waals surface area (Å²) in [5.74, 6) is -0.614. The molecule has 30 heavy (non-hydrogen) atoms. The number of nitrogens with zero attached hydrogens (tertiary/aromatic N) is 4. The van der Waals surface area contributed by atoms with Crippen LogP contribution >= 0.6 is 0 Å². The Morgan fingerprint density at radius 3 is 2.37 bits per heavy atom. The highest BCUT2D eigenvalue weighted by Crippen LogP contribution is 2.33. The van der Waals surface area contributed by atoms with Crippen molar-refractivity contribution in [2.75, 3.05) is 13.1 Å². The minimum Gasteiger partial charge on any atom is -0.295 e. The van der Waals surface area contributed by atoms with Gasteiger partial charge in [0.05, 0.1) is 30.8 Å². The van der Waals surface area contributed by atoms with Crippen molar-refractivity contribution in [2.24, 2.45) is 7.05 Å². The molecule has 0 radical (unpaired) electrons. The van der Waals surface area contributed by atoms with E-state index in [9.17, 15) is 14.4 Å². The van der Waals surface area contributed by atoms with Crippen LogP contribution in [0.1, 0.15) is 37.9 Å². The van der Waals surface area contributed by atoms with Gasteiger partial charge in [-0.25, -0.2) is 9.36 Å². The van der Waals surface area contributed by atoms with Crippen molar-refractivity contribution in [3.8, 4) is 0 Å². The van der Waals surface area contributed by atoms with E-state index in [2.05, 4.69) is 0 Å². The van der Waals surface area contributed by atoms with Gasteiger partial charge in [0.2, 0.25) is 0 Å². The third-order valence-corrected chi connectivity index (χ3v) is 5.88. The first kappa shape index (κ1) is 18.3. The van der Waals surface area contributed by atoms with Gasteiger partial charge in [0.15, 0.2) is 0 Å². The van der Waals surface area contributed by atoms with Gasteiger partial charge in [-0.3, -0.25) is 19.4 Å². The summed E-state index contributed by atoms with van der Waals surface area (Å²) in [5, 5.41) is 0. The zero-order valence-corrected chi connectivity index (χ0v) is 16.6. The number of hydrogen-bond donors (Lipinski definition) is 0. The lowest BCUT2D eigenvalue weighted by atomic mass is 9.92. The molecule has 0 aliphatic carbocycles. The Bertz CT molecular complexity index is 1150. The summed E-state index contributed by atoms with van der Waals surface area (Å²) in [6, 6.07) is 14.2. The molecule has 2 aliphatic rings. The van der Waals surface area contributed by atoms with E-state index < -0.39 is 6.04 Å². The molecular formula is C23H21N4O3+. The summed E-state index contributed by atoms with van der Waals surface area (Å²) in [6.45, 7) is 0.647. The normalized spacial score (nSPS) is 17.8. The topological polar surface area (TPSA) is 66.5 Å². The van der Waals surface area contributed by atoms with Crippen molar-refractivity contribution in [3.63, 3.8) is 0 Å². The number of carbonyl (C=O) groups excluding carboxylic acids is 3. The summed E-state index contributed by atoms with van der Waals surface area (Å²) in [7, 11) is 1.85. The van der Waals surface area contributed by atoms with Crippen LogP contribution in [0.5, 0.6) is 0 Å². The molecule has 0 fully saturated rings. The largest absolute Gasteiger partial charge is 0.416 e. The van der Waals surface area contributed by atoms with E-state index in [4.69, 9.17) is 0 Å². The molecule has 0 spiro atoms. The highest BCUT2D eigenvalue weighted by molar-refractivity contribution is 6.21. The number of hydrogen-bond acceptors (Lipinski definition) is 3. The fraction of sp³-hybridized carbons (Fsp3) is 0.217. The molecule has 3 aromatic rings. The van der Waals surface area contributed by atoms with Gasteiger partial charge in [-0.15, -0.1) is 0 Å². The molecule has 3 amide bonds. The maximum absolute atomic E-state index is 13.3. The summed E-state index contributed by atoms with van der Waals surface area (Å²) in [5.41, 5.74) is 2.95. The molecule has 150 valence electrons. The van der Waals surface area contributed by atoms with Gasteiger partial charge < -0.3 is 0 Å². The Labute approximate surface area is 173 Å². The molecule has 1 atom stereocenters. The minimum absolute atomic E-state index is 0.127. The molecule has 1 aromatic heterocycles. The average molecular weight is 401 g/mol. The molecule has 0 saturated heterocycles. The number of benzene rings is 2. The lowest BCUT2D eigenvalue weighted by molar-refractivity contribution is -0.670. The quantitative estimate of drug-likeness (QED) is 0.488. The lowest BCUT2D eigenvalue weighted by Gasteiger charge is -2.37. The second kappa shape index (κ2) is 6.95. The van der Waals surface area contributed by atoms with Crippen molar-refractivity contribution in [3.05, 3.63) is 89.5 Å². The van der Waals surface area contributed by atoms with Crippen LogP contribution in [0.3, 0.4) is 0 Å².